The number of nitrogens with two attached hydrogens (primary N) is 1. The Morgan fingerprint density at radius 3 is 2.83 bits per heavy atom. The third kappa shape index (κ3) is 4.62. The maximum absolute atomic E-state index is 12.7. The minimum Gasteiger partial charge on any atom is -0.354 e. The third-order valence-electron chi connectivity index (χ3n) is 4.01. The van der Waals surface area contributed by atoms with Gasteiger partial charge >= 0.3 is 0 Å². The zero-order valence-electron chi connectivity index (χ0n) is 13.3. The smallest absolute Gasteiger partial charge is 0.264 e. The summed E-state index contributed by atoms with van der Waals surface area (Å²) in [5, 5.41) is 4.57. The van der Waals surface area contributed by atoms with Crippen LogP contribution in [0.15, 0.2) is 11.4 Å². The van der Waals surface area contributed by atoms with Crippen LogP contribution in [-0.2, 0) is 4.79 Å². The van der Waals surface area contributed by atoms with Crippen LogP contribution in [0.3, 0.4) is 0 Å². The van der Waals surface area contributed by atoms with Crippen molar-refractivity contribution in [1.82, 2.24) is 10.2 Å². The molecule has 1 aliphatic heterocycles. The SMILES string of the molecule is CC(=O)c1csc(C(=O)N2CCCCC2CNC(=O)CCN)c1. The molecule has 2 rings (SSSR count). The number of hydrogen-bond acceptors (Lipinski definition) is 5. The van der Waals surface area contributed by atoms with Crippen molar-refractivity contribution in [2.24, 2.45) is 5.73 Å². The van der Waals surface area contributed by atoms with E-state index in [1.165, 1.54) is 18.3 Å². The molecule has 0 aliphatic carbocycles. The minimum absolute atomic E-state index is 0.000789. The fourth-order valence-corrected chi connectivity index (χ4v) is 3.61. The van der Waals surface area contributed by atoms with Crippen LogP contribution in [0.4, 0.5) is 0 Å². The molecule has 1 aromatic heterocycles. The normalized spacial score (nSPS) is 17.8. The summed E-state index contributed by atoms with van der Waals surface area (Å²) in [6.45, 7) is 2.95. The molecule has 1 unspecified atom stereocenters. The van der Waals surface area contributed by atoms with Crippen LogP contribution in [-0.4, -0.2) is 48.2 Å². The van der Waals surface area contributed by atoms with Gasteiger partial charge in [0.2, 0.25) is 5.91 Å². The van der Waals surface area contributed by atoms with Gasteiger partial charge in [-0.2, -0.15) is 0 Å². The van der Waals surface area contributed by atoms with Gasteiger partial charge in [-0.3, -0.25) is 14.4 Å². The van der Waals surface area contributed by atoms with Crippen molar-refractivity contribution < 1.29 is 14.4 Å². The van der Waals surface area contributed by atoms with Gasteiger partial charge in [0, 0.05) is 43.0 Å². The molecule has 2 amide bonds. The number of rotatable bonds is 6. The molecule has 1 fully saturated rings. The van der Waals surface area contributed by atoms with E-state index in [4.69, 9.17) is 5.73 Å². The summed E-state index contributed by atoms with van der Waals surface area (Å²) in [6, 6.07) is 1.66. The highest BCUT2D eigenvalue weighted by atomic mass is 32.1. The fraction of sp³-hybridized carbons (Fsp3) is 0.562. The highest BCUT2D eigenvalue weighted by molar-refractivity contribution is 7.12. The van der Waals surface area contributed by atoms with E-state index < -0.39 is 0 Å². The van der Waals surface area contributed by atoms with E-state index in [9.17, 15) is 14.4 Å². The minimum atomic E-state index is -0.0829. The summed E-state index contributed by atoms with van der Waals surface area (Å²) in [4.78, 5) is 38.1. The molecule has 0 radical (unpaired) electrons. The van der Waals surface area contributed by atoms with Crippen molar-refractivity contribution in [2.75, 3.05) is 19.6 Å². The number of carbonyl (C=O) groups is 3. The summed E-state index contributed by atoms with van der Waals surface area (Å²) in [6.07, 6.45) is 3.18. The first kappa shape index (κ1) is 17.6. The van der Waals surface area contributed by atoms with Crippen LogP contribution in [0.2, 0.25) is 0 Å². The zero-order valence-corrected chi connectivity index (χ0v) is 14.2. The monoisotopic (exact) mass is 337 g/mol. The average molecular weight is 337 g/mol. The van der Waals surface area contributed by atoms with Crippen molar-refractivity contribution in [3.05, 3.63) is 21.9 Å². The number of nitrogens with zero attached hydrogens (tertiary/aromatic N) is 1. The van der Waals surface area contributed by atoms with Crippen LogP contribution in [0, 0.1) is 0 Å². The van der Waals surface area contributed by atoms with E-state index in [0.717, 1.165) is 19.3 Å². The van der Waals surface area contributed by atoms with Gasteiger partial charge < -0.3 is 16.0 Å². The first-order valence-corrected chi connectivity index (χ1v) is 8.78. The molecule has 126 valence electrons. The second-order valence-corrected chi connectivity index (χ2v) is 6.66. The van der Waals surface area contributed by atoms with Gasteiger partial charge in [0.15, 0.2) is 5.78 Å². The standard InChI is InChI=1S/C16H23N3O3S/c1-11(20)12-8-14(23-10-12)16(22)19-7-3-2-4-13(19)9-18-15(21)5-6-17/h8,10,13H,2-7,9,17H2,1H3,(H,18,21). The molecule has 1 aliphatic rings. The molecular formula is C16H23N3O3S. The van der Waals surface area contributed by atoms with E-state index >= 15 is 0 Å². The summed E-state index contributed by atoms with van der Waals surface area (Å²) >= 11 is 1.30. The summed E-state index contributed by atoms with van der Waals surface area (Å²) < 4.78 is 0. The fourth-order valence-electron chi connectivity index (χ4n) is 2.71. The Kier molecular flexibility index (Phi) is 6.29. The quantitative estimate of drug-likeness (QED) is 0.768. The maximum atomic E-state index is 12.7. The number of amides is 2. The summed E-state index contributed by atoms with van der Waals surface area (Å²) in [7, 11) is 0. The number of piperidine rings is 1. The molecule has 3 N–H and O–H groups in total. The molecule has 0 spiro atoms. The Bertz CT molecular complexity index is 585. The van der Waals surface area contributed by atoms with Crippen molar-refractivity contribution >= 4 is 28.9 Å². The second kappa shape index (κ2) is 8.21. The largest absolute Gasteiger partial charge is 0.354 e. The molecule has 2 heterocycles. The van der Waals surface area contributed by atoms with E-state index in [1.807, 2.05) is 4.90 Å². The van der Waals surface area contributed by atoms with Crippen LogP contribution in [0.1, 0.15) is 52.6 Å². The maximum Gasteiger partial charge on any atom is 0.264 e. The number of nitrogens with one attached hydrogen (secondary N) is 1. The average Bonchev–Trinajstić information content (AvgIpc) is 3.03. The Morgan fingerprint density at radius 2 is 2.17 bits per heavy atom. The van der Waals surface area contributed by atoms with Gasteiger partial charge in [0.05, 0.1) is 4.88 Å². The predicted molar refractivity (Wildman–Crippen MR) is 89.7 cm³/mol. The Labute approximate surface area is 140 Å². The molecule has 23 heavy (non-hydrogen) atoms. The highest BCUT2D eigenvalue weighted by Crippen LogP contribution is 2.23. The number of thiophene rings is 1. The number of ketones is 1. The van der Waals surface area contributed by atoms with Crippen molar-refractivity contribution in [3.8, 4) is 0 Å². The molecule has 1 saturated heterocycles. The second-order valence-electron chi connectivity index (χ2n) is 5.75. The van der Waals surface area contributed by atoms with Crippen LogP contribution >= 0.6 is 11.3 Å². The van der Waals surface area contributed by atoms with Crippen molar-refractivity contribution in [2.45, 2.75) is 38.6 Å². The predicted octanol–water partition coefficient (Wildman–Crippen LogP) is 1.41. The Morgan fingerprint density at radius 1 is 1.39 bits per heavy atom. The van der Waals surface area contributed by atoms with Crippen molar-refractivity contribution in [1.29, 1.82) is 0 Å². The molecular weight excluding hydrogens is 314 g/mol. The van der Waals surface area contributed by atoms with E-state index in [0.29, 0.717) is 36.5 Å². The first-order chi connectivity index (χ1) is 11.0. The van der Waals surface area contributed by atoms with Gasteiger partial charge in [-0.15, -0.1) is 11.3 Å². The molecule has 1 atom stereocenters. The van der Waals surface area contributed by atoms with Crippen LogP contribution < -0.4 is 11.1 Å². The van der Waals surface area contributed by atoms with Gasteiger partial charge in [-0.05, 0) is 32.3 Å². The van der Waals surface area contributed by atoms with Gasteiger partial charge in [0.1, 0.15) is 0 Å². The molecule has 0 bridgehead atoms. The lowest BCUT2D eigenvalue weighted by atomic mass is 10.0. The Hall–Kier alpha value is -1.73. The molecule has 1 aromatic rings. The topological polar surface area (TPSA) is 92.5 Å². The molecule has 0 aromatic carbocycles. The van der Waals surface area contributed by atoms with E-state index in [-0.39, 0.29) is 23.6 Å². The molecule has 7 heteroatoms. The lowest BCUT2D eigenvalue weighted by molar-refractivity contribution is -0.121. The first-order valence-electron chi connectivity index (χ1n) is 7.90. The lowest BCUT2D eigenvalue weighted by Crippen LogP contribution is -2.49. The number of Topliss-reactive ketones (excluding diaryl/α,β-unsaturated/α-hetero) is 1. The van der Waals surface area contributed by atoms with Crippen LogP contribution in [0.25, 0.3) is 0 Å². The van der Waals surface area contributed by atoms with Gasteiger partial charge in [-0.25, -0.2) is 0 Å². The third-order valence-corrected chi connectivity index (χ3v) is 4.93. The molecule has 6 nitrogen and oxygen atoms in total. The van der Waals surface area contributed by atoms with Gasteiger partial charge in [-0.1, -0.05) is 0 Å². The molecule has 0 saturated carbocycles. The number of hydrogen-bond donors (Lipinski definition) is 2. The summed E-state index contributed by atoms with van der Waals surface area (Å²) in [5.74, 6) is -0.176. The zero-order chi connectivity index (χ0) is 16.8. The van der Waals surface area contributed by atoms with E-state index in [1.54, 1.807) is 11.4 Å². The summed E-state index contributed by atoms with van der Waals surface area (Å²) in [5.41, 5.74) is 5.94. The van der Waals surface area contributed by atoms with Gasteiger partial charge in [0.25, 0.3) is 5.91 Å². The van der Waals surface area contributed by atoms with E-state index in [2.05, 4.69) is 5.32 Å². The Balaban J connectivity index is 2.02. The highest BCUT2D eigenvalue weighted by Gasteiger charge is 2.28. The number of carbonyl (C=O) groups excluding carboxylic acids is 3. The van der Waals surface area contributed by atoms with Crippen molar-refractivity contribution in [3.63, 3.8) is 0 Å². The lowest BCUT2D eigenvalue weighted by Gasteiger charge is -2.35. The van der Waals surface area contributed by atoms with Crippen LogP contribution in [0.5, 0.6) is 0 Å². The number of likely N-dealkylation sites (tertiary alicyclic amines) is 1.